The van der Waals surface area contributed by atoms with Gasteiger partial charge in [0.05, 0.1) is 0 Å². The van der Waals surface area contributed by atoms with E-state index in [0.29, 0.717) is 0 Å². The molecule has 0 heterocycles. The lowest BCUT2D eigenvalue weighted by molar-refractivity contribution is 0.412. The predicted molar refractivity (Wildman–Crippen MR) is 120 cm³/mol. The lowest BCUT2D eigenvalue weighted by atomic mass is 9.86. The molecule has 0 aliphatic rings. The Morgan fingerprint density at radius 3 is 2.11 bits per heavy atom. The van der Waals surface area contributed by atoms with E-state index in [9.17, 15) is 0 Å². The molecule has 0 aliphatic heterocycles. The maximum absolute atomic E-state index is 3.48. The van der Waals surface area contributed by atoms with Gasteiger partial charge in [0.2, 0.25) is 0 Å². The lowest BCUT2D eigenvalue weighted by Gasteiger charge is -2.27. The number of hydrogen-bond donors (Lipinski definition) is 1. The van der Waals surface area contributed by atoms with Crippen molar-refractivity contribution in [3.63, 3.8) is 0 Å². The first-order valence-corrected chi connectivity index (χ1v) is 9.68. The molecule has 2 aromatic carbocycles. The van der Waals surface area contributed by atoms with Gasteiger partial charge in [-0.25, -0.2) is 0 Å². The fourth-order valence-corrected chi connectivity index (χ4v) is 3.32. The van der Waals surface area contributed by atoms with Crippen LogP contribution >= 0.6 is 0 Å². The van der Waals surface area contributed by atoms with Crippen LogP contribution in [-0.2, 0) is 0 Å². The highest BCUT2D eigenvalue weighted by atomic mass is 15.1. The minimum atomic E-state index is 0.199. The summed E-state index contributed by atoms with van der Waals surface area (Å²) >= 11 is 0. The summed E-state index contributed by atoms with van der Waals surface area (Å²) < 4.78 is 0. The van der Waals surface area contributed by atoms with Crippen LogP contribution < -0.4 is 5.32 Å². The summed E-state index contributed by atoms with van der Waals surface area (Å²) in [6.07, 6.45) is 6.38. The Morgan fingerprint density at radius 1 is 1.00 bits per heavy atom. The van der Waals surface area contributed by atoms with Gasteiger partial charge in [0, 0.05) is 31.7 Å². The highest BCUT2D eigenvalue weighted by Crippen LogP contribution is 2.29. The molecule has 0 bridgehead atoms. The fourth-order valence-electron chi connectivity index (χ4n) is 3.32. The van der Waals surface area contributed by atoms with Crippen LogP contribution in [0.2, 0.25) is 0 Å². The summed E-state index contributed by atoms with van der Waals surface area (Å²) in [5.41, 5.74) is 7.85. The molecule has 2 heteroatoms. The predicted octanol–water partition coefficient (Wildman–Crippen LogP) is 6.78. The minimum Gasteiger partial charge on any atom is -0.375 e. The molecule has 27 heavy (non-hydrogen) atoms. The van der Waals surface area contributed by atoms with Crippen LogP contribution in [0.1, 0.15) is 38.8 Å². The van der Waals surface area contributed by atoms with E-state index in [1.165, 1.54) is 33.5 Å². The van der Waals surface area contributed by atoms with Gasteiger partial charge in [-0.1, -0.05) is 57.2 Å². The summed E-state index contributed by atoms with van der Waals surface area (Å²) in [5.74, 6) is 0. The number of nitrogens with one attached hydrogen (secondary N) is 1. The van der Waals surface area contributed by atoms with Crippen LogP contribution in [-0.4, -0.2) is 18.5 Å². The average molecular weight is 363 g/mol. The van der Waals surface area contributed by atoms with Crippen LogP contribution in [0.3, 0.4) is 0 Å². The number of allylic oxidation sites excluding steroid dienone is 1. The Kier molecular flexibility index (Phi) is 6.90. The second-order valence-corrected chi connectivity index (χ2v) is 8.29. The summed E-state index contributed by atoms with van der Waals surface area (Å²) in [6, 6.07) is 15.0. The largest absolute Gasteiger partial charge is 0.375 e. The van der Waals surface area contributed by atoms with E-state index >= 15 is 0 Å². The lowest BCUT2D eigenvalue weighted by Crippen LogP contribution is -2.22. The number of anilines is 1. The topological polar surface area (TPSA) is 15.3 Å². The number of nitrogens with zero attached hydrogens (tertiary/aromatic N) is 1. The van der Waals surface area contributed by atoms with Gasteiger partial charge in [-0.2, -0.15) is 0 Å². The molecule has 2 nitrogen and oxygen atoms in total. The Balaban J connectivity index is 2.08. The van der Waals surface area contributed by atoms with Gasteiger partial charge in [0.1, 0.15) is 0 Å². The second-order valence-electron chi connectivity index (χ2n) is 8.29. The monoisotopic (exact) mass is 362 g/mol. The zero-order chi connectivity index (χ0) is 20.0. The first kappa shape index (κ1) is 20.8. The van der Waals surface area contributed by atoms with E-state index in [1.54, 1.807) is 0 Å². The Bertz CT molecular complexity index is 785. The first-order chi connectivity index (χ1) is 12.7. The van der Waals surface area contributed by atoms with E-state index in [2.05, 4.69) is 114 Å². The summed E-state index contributed by atoms with van der Waals surface area (Å²) in [4.78, 5) is 2.22. The Labute approximate surface area is 165 Å². The normalized spacial score (nSPS) is 12.5. The molecule has 0 radical (unpaired) electrons. The van der Waals surface area contributed by atoms with Crippen molar-refractivity contribution in [3.05, 3.63) is 77.6 Å². The van der Waals surface area contributed by atoms with Crippen molar-refractivity contribution in [1.29, 1.82) is 0 Å². The zero-order valence-corrected chi connectivity index (χ0v) is 17.9. The molecule has 2 aromatic rings. The Morgan fingerprint density at radius 2 is 1.59 bits per heavy atom. The van der Waals surface area contributed by atoms with Crippen molar-refractivity contribution in [3.8, 4) is 11.1 Å². The molecule has 0 amide bonds. The van der Waals surface area contributed by atoms with Gasteiger partial charge >= 0.3 is 0 Å². The van der Waals surface area contributed by atoms with Gasteiger partial charge in [0.15, 0.2) is 0 Å². The summed E-state index contributed by atoms with van der Waals surface area (Å²) in [5, 5.41) is 3.48. The standard InChI is InChI=1S/C25H34N2/c1-8-23(25(4,5)6)18-27(7)15-14-26-24-19(2)16-22(17-20(24)3)21-12-10-9-11-13-21/h8-17,26H,18H2,1-7H3/b15-14-,23-8-. The summed E-state index contributed by atoms with van der Waals surface area (Å²) in [7, 11) is 2.12. The van der Waals surface area contributed by atoms with Crippen LogP contribution in [0.15, 0.2) is 66.5 Å². The van der Waals surface area contributed by atoms with Crippen molar-refractivity contribution in [2.45, 2.75) is 41.5 Å². The van der Waals surface area contributed by atoms with E-state index < -0.39 is 0 Å². The first-order valence-electron chi connectivity index (χ1n) is 9.68. The number of hydrogen-bond acceptors (Lipinski definition) is 2. The molecule has 0 fully saturated rings. The average Bonchev–Trinajstić information content (AvgIpc) is 2.61. The molecule has 0 saturated heterocycles. The third-order valence-corrected chi connectivity index (χ3v) is 4.93. The fraction of sp³-hybridized carbons (Fsp3) is 0.360. The molecule has 1 N–H and O–H groups in total. The molecule has 0 aliphatic carbocycles. The van der Waals surface area contributed by atoms with Gasteiger partial charge < -0.3 is 10.2 Å². The number of aryl methyl sites for hydroxylation is 2. The zero-order valence-electron chi connectivity index (χ0n) is 17.9. The van der Waals surface area contributed by atoms with E-state index in [4.69, 9.17) is 0 Å². The van der Waals surface area contributed by atoms with Crippen molar-refractivity contribution in [2.24, 2.45) is 5.41 Å². The molecule has 0 unspecified atom stereocenters. The molecule has 144 valence electrons. The minimum absolute atomic E-state index is 0.199. The van der Waals surface area contributed by atoms with E-state index in [0.717, 1.165) is 6.54 Å². The number of benzene rings is 2. The van der Waals surface area contributed by atoms with Crippen molar-refractivity contribution in [2.75, 3.05) is 18.9 Å². The third-order valence-electron chi connectivity index (χ3n) is 4.93. The molecular weight excluding hydrogens is 328 g/mol. The van der Waals surface area contributed by atoms with E-state index in [1.807, 2.05) is 6.20 Å². The van der Waals surface area contributed by atoms with Gasteiger partial charge in [-0.3, -0.25) is 0 Å². The molecular formula is C25H34N2. The highest BCUT2D eigenvalue weighted by molar-refractivity contribution is 5.71. The number of rotatable bonds is 6. The maximum Gasteiger partial charge on any atom is 0.0440 e. The van der Waals surface area contributed by atoms with E-state index in [-0.39, 0.29) is 5.41 Å². The van der Waals surface area contributed by atoms with Crippen LogP contribution in [0.4, 0.5) is 5.69 Å². The van der Waals surface area contributed by atoms with Crippen LogP contribution in [0.5, 0.6) is 0 Å². The Hall–Kier alpha value is -2.48. The van der Waals surface area contributed by atoms with Crippen molar-refractivity contribution >= 4 is 5.69 Å². The maximum atomic E-state index is 3.48. The summed E-state index contributed by atoms with van der Waals surface area (Å²) in [6.45, 7) is 14.2. The molecule has 0 spiro atoms. The van der Waals surface area contributed by atoms with Gasteiger partial charge in [-0.05, 0) is 66.1 Å². The van der Waals surface area contributed by atoms with Crippen LogP contribution in [0, 0.1) is 19.3 Å². The molecule has 2 rings (SSSR count). The quantitative estimate of drug-likeness (QED) is 0.570. The second kappa shape index (κ2) is 8.94. The van der Waals surface area contributed by atoms with Crippen molar-refractivity contribution in [1.82, 2.24) is 4.90 Å². The smallest absolute Gasteiger partial charge is 0.0440 e. The molecule has 0 atom stereocenters. The van der Waals surface area contributed by atoms with Gasteiger partial charge in [-0.15, -0.1) is 0 Å². The van der Waals surface area contributed by atoms with Gasteiger partial charge in [0.25, 0.3) is 0 Å². The SMILES string of the molecule is C/C=C(/CN(C)/C=C\Nc1c(C)cc(-c2ccccc2)cc1C)C(C)(C)C. The molecule has 0 aromatic heterocycles. The highest BCUT2D eigenvalue weighted by Gasteiger charge is 2.16. The van der Waals surface area contributed by atoms with Crippen molar-refractivity contribution < 1.29 is 0 Å². The molecule has 0 saturated carbocycles. The number of likely N-dealkylation sites (N-methyl/N-ethyl adjacent to an activating group) is 1. The third kappa shape index (κ3) is 5.75. The van der Waals surface area contributed by atoms with Crippen LogP contribution in [0.25, 0.3) is 11.1 Å².